The van der Waals surface area contributed by atoms with E-state index in [4.69, 9.17) is 16.3 Å². The molecule has 0 amide bonds. The highest BCUT2D eigenvalue weighted by atomic mass is 35.5. The molecule has 0 atom stereocenters. The smallest absolute Gasteiger partial charge is 0.341 e. The first kappa shape index (κ1) is 14.0. The number of nitrogens with zero attached hydrogens (tertiary/aromatic N) is 2. The normalized spacial score (nSPS) is 10.4. The van der Waals surface area contributed by atoms with Gasteiger partial charge in [0.25, 0.3) is 0 Å². The molecule has 0 fully saturated rings. The van der Waals surface area contributed by atoms with Gasteiger partial charge in [-0.05, 0) is 18.4 Å². The van der Waals surface area contributed by atoms with E-state index in [1.807, 2.05) is 17.5 Å². The third kappa shape index (κ3) is 3.52. The van der Waals surface area contributed by atoms with Crippen LogP contribution < -0.4 is 0 Å². The number of esters is 1. The summed E-state index contributed by atoms with van der Waals surface area (Å²) < 4.78 is 4.94. The molecule has 2 aromatic heterocycles. The van der Waals surface area contributed by atoms with Crippen molar-refractivity contribution in [1.29, 1.82) is 0 Å². The van der Waals surface area contributed by atoms with E-state index >= 15 is 0 Å². The van der Waals surface area contributed by atoms with Gasteiger partial charge in [-0.25, -0.2) is 14.8 Å². The van der Waals surface area contributed by atoms with Crippen LogP contribution in [0.5, 0.6) is 0 Å². The van der Waals surface area contributed by atoms with Crippen LogP contribution in [0.3, 0.4) is 0 Å². The van der Waals surface area contributed by atoms with E-state index < -0.39 is 5.97 Å². The van der Waals surface area contributed by atoms with Gasteiger partial charge < -0.3 is 4.74 Å². The molecule has 0 saturated heterocycles. The predicted molar refractivity (Wildman–Crippen MR) is 74.7 cm³/mol. The quantitative estimate of drug-likeness (QED) is 0.628. The van der Waals surface area contributed by atoms with E-state index in [-0.39, 0.29) is 5.88 Å². The number of alkyl halides is 1. The van der Waals surface area contributed by atoms with Crippen molar-refractivity contribution >= 4 is 28.9 Å². The fourth-order valence-electron chi connectivity index (χ4n) is 1.59. The SMILES string of the molecule is CCOC(=O)c1cnc(Cc2cccs2)nc1CCl. The summed E-state index contributed by atoms with van der Waals surface area (Å²) in [5, 5.41) is 2.00. The van der Waals surface area contributed by atoms with Crippen LogP contribution in [0.15, 0.2) is 23.7 Å². The van der Waals surface area contributed by atoms with E-state index in [2.05, 4.69) is 9.97 Å². The van der Waals surface area contributed by atoms with Crippen molar-refractivity contribution in [2.24, 2.45) is 0 Å². The van der Waals surface area contributed by atoms with Gasteiger partial charge in [-0.15, -0.1) is 22.9 Å². The standard InChI is InChI=1S/C13H13ClN2O2S/c1-2-18-13(17)10-8-15-12(16-11(10)7-14)6-9-4-3-5-19-9/h3-5,8H,2,6-7H2,1H3. The first-order valence-electron chi connectivity index (χ1n) is 5.84. The second-order valence-electron chi connectivity index (χ2n) is 3.76. The lowest BCUT2D eigenvalue weighted by molar-refractivity contribution is 0.0524. The van der Waals surface area contributed by atoms with Crippen molar-refractivity contribution in [3.05, 3.63) is 45.7 Å². The van der Waals surface area contributed by atoms with Gasteiger partial charge in [0, 0.05) is 17.5 Å². The van der Waals surface area contributed by atoms with Crippen LogP contribution in [-0.2, 0) is 17.0 Å². The van der Waals surface area contributed by atoms with Crippen LogP contribution in [0.2, 0.25) is 0 Å². The zero-order chi connectivity index (χ0) is 13.7. The fourth-order valence-corrected chi connectivity index (χ4v) is 2.50. The molecule has 0 bridgehead atoms. The van der Waals surface area contributed by atoms with Gasteiger partial charge in [0.1, 0.15) is 11.4 Å². The zero-order valence-corrected chi connectivity index (χ0v) is 12.0. The molecular formula is C13H13ClN2O2S. The predicted octanol–water partition coefficient (Wildman–Crippen LogP) is 3.04. The molecule has 0 spiro atoms. The molecule has 0 saturated carbocycles. The van der Waals surface area contributed by atoms with Crippen LogP contribution in [0.4, 0.5) is 0 Å². The van der Waals surface area contributed by atoms with E-state index in [0.717, 1.165) is 0 Å². The summed E-state index contributed by atoms with van der Waals surface area (Å²) in [5.41, 5.74) is 0.855. The van der Waals surface area contributed by atoms with Crippen LogP contribution in [-0.4, -0.2) is 22.5 Å². The number of thiophene rings is 1. The molecule has 0 N–H and O–H groups in total. The largest absolute Gasteiger partial charge is 0.462 e. The Morgan fingerprint density at radius 2 is 2.37 bits per heavy atom. The number of rotatable bonds is 5. The van der Waals surface area contributed by atoms with Crippen LogP contribution in [0.1, 0.15) is 33.7 Å². The molecule has 0 aliphatic rings. The maximum Gasteiger partial charge on any atom is 0.341 e. The Morgan fingerprint density at radius 3 is 3.00 bits per heavy atom. The number of aromatic nitrogens is 2. The number of carbonyl (C=O) groups excluding carboxylic acids is 1. The highest BCUT2D eigenvalue weighted by Gasteiger charge is 2.15. The molecule has 100 valence electrons. The summed E-state index contributed by atoms with van der Waals surface area (Å²) in [4.78, 5) is 21.4. The van der Waals surface area contributed by atoms with Gasteiger partial charge in [-0.3, -0.25) is 0 Å². The first-order chi connectivity index (χ1) is 9.24. The van der Waals surface area contributed by atoms with E-state index in [1.165, 1.54) is 11.1 Å². The number of carbonyl (C=O) groups is 1. The van der Waals surface area contributed by atoms with Gasteiger partial charge >= 0.3 is 5.97 Å². The molecule has 2 rings (SSSR count). The van der Waals surface area contributed by atoms with Crippen LogP contribution in [0.25, 0.3) is 0 Å². The summed E-state index contributed by atoms with van der Waals surface area (Å²) >= 11 is 7.48. The third-order valence-corrected chi connectivity index (χ3v) is 3.58. The molecule has 0 unspecified atom stereocenters. The summed E-state index contributed by atoms with van der Waals surface area (Å²) in [6.45, 7) is 2.07. The summed E-state index contributed by atoms with van der Waals surface area (Å²) in [7, 11) is 0. The summed E-state index contributed by atoms with van der Waals surface area (Å²) in [6, 6.07) is 4.00. The molecule has 4 nitrogen and oxygen atoms in total. The molecule has 0 aliphatic carbocycles. The minimum Gasteiger partial charge on any atom is -0.462 e. The second-order valence-corrected chi connectivity index (χ2v) is 5.06. The van der Waals surface area contributed by atoms with Crippen molar-refractivity contribution in [3.8, 4) is 0 Å². The van der Waals surface area contributed by atoms with Gasteiger partial charge in [0.2, 0.25) is 0 Å². The molecule has 2 heterocycles. The fraction of sp³-hybridized carbons (Fsp3) is 0.308. The minimum atomic E-state index is -0.430. The molecule has 19 heavy (non-hydrogen) atoms. The average Bonchev–Trinajstić information content (AvgIpc) is 2.91. The first-order valence-corrected chi connectivity index (χ1v) is 7.26. The van der Waals surface area contributed by atoms with Crippen molar-refractivity contribution in [1.82, 2.24) is 9.97 Å². The third-order valence-electron chi connectivity index (χ3n) is 2.45. The Balaban J connectivity index is 2.23. The minimum absolute atomic E-state index is 0.161. The van der Waals surface area contributed by atoms with Crippen molar-refractivity contribution in [3.63, 3.8) is 0 Å². The van der Waals surface area contributed by atoms with Gasteiger partial charge in [0.05, 0.1) is 18.2 Å². The summed E-state index contributed by atoms with van der Waals surface area (Å²) in [6.07, 6.45) is 2.14. The van der Waals surface area contributed by atoms with Gasteiger partial charge in [-0.1, -0.05) is 6.07 Å². The molecular weight excluding hydrogens is 284 g/mol. The Bertz CT molecular complexity index is 558. The highest BCUT2D eigenvalue weighted by Crippen LogP contribution is 2.15. The van der Waals surface area contributed by atoms with Gasteiger partial charge in [-0.2, -0.15) is 0 Å². The Morgan fingerprint density at radius 1 is 1.53 bits per heavy atom. The molecule has 0 aliphatic heterocycles. The van der Waals surface area contributed by atoms with Crippen molar-refractivity contribution < 1.29 is 9.53 Å². The molecule has 0 radical (unpaired) electrons. The summed E-state index contributed by atoms with van der Waals surface area (Å²) in [5.74, 6) is 0.389. The zero-order valence-electron chi connectivity index (χ0n) is 10.4. The Kier molecular flexibility index (Phi) is 4.87. The number of hydrogen-bond acceptors (Lipinski definition) is 5. The maximum atomic E-state index is 11.7. The lowest BCUT2D eigenvalue weighted by Gasteiger charge is -2.07. The number of halogens is 1. The number of hydrogen-bond donors (Lipinski definition) is 0. The lowest BCUT2D eigenvalue weighted by atomic mass is 10.2. The molecule has 0 aromatic carbocycles. The maximum absolute atomic E-state index is 11.7. The Hall–Kier alpha value is -1.46. The van der Waals surface area contributed by atoms with Gasteiger partial charge in [0.15, 0.2) is 0 Å². The van der Waals surface area contributed by atoms with Crippen molar-refractivity contribution in [2.75, 3.05) is 6.61 Å². The average molecular weight is 297 g/mol. The van der Waals surface area contributed by atoms with Crippen LogP contribution in [0, 0.1) is 0 Å². The van der Waals surface area contributed by atoms with Crippen LogP contribution >= 0.6 is 22.9 Å². The topological polar surface area (TPSA) is 52.1 Å². The molecule has 6 heteroatoms. The lowest BCUT2D eigenvalue weighted by Crippen LogP contribution is -2.11. The van der Waals surface area contributed by atoms with E-state index in [1.54, 1.807) is 18.3 Å². The van der Waals surface area contributed by atoms with Crippen molar-refractivity contribution in [2.45, 2.75) is 19.2 Å². The number of ether oxygens (including phenoxy) is 1. The Labute approximate surface area is 120 Å². The molecule has 2 aromatic rings. The monoisotopic (exact) mass is 296 g/mol. The highest BCUT2D eigenvalue weighted by molar-refractivity contribution is 7.09. The second kappa shape index (κ2) is 6.63. The van der Waals surface area contributed by atoms with E-state index in [0.29, 0.717) is 30.1 Å². The van der Waals surface area contributed by atoms with E-state index in [9.17, 15) is 4.79 Å².